The molecule has 5 N–H and O–H groups in total. The fourth-order valence-corrected chi connectivity index (χ4v) is 5.97. The first-order valence-electron chi connectivity index (χ1n) is 10.6. The van der Waals surface area contributed by atoms with Crippen LogP contribution in [0.5, 0.6) is 5.75 Å². The summed E-state index contributed by atoms with van der Waals surface area (Å²) >= 11 is -4.21. The molecule has 1 aliphatic rings. The number of nitrogens with one attached hydrogen (secondary N) is 1. The number of hydrogen-bond acceptors (Lipinski definition) is 9. The summed E-state index contributed by atoms with van der Waals surface area (Å²) in [5, 5.41) is 34.4. The van der Waals surface area contributed by atoms with Crippen LogP contribution in [0.25, 0.3) is 5.76 Å². The minimum atomic E-state index is -4.21. The Hall–Kier alpha value is -2.64. The number of carbonyl (C=O) groups is 3. The van der Waals surface area contributed by atoms with Gasteiger partial charge in [-0.25, -0.2) is 0 Å². The number of benzene rings is 1. The second-order valence-electron chi connectivity index (χ2n) is 8.29. The van der Waals surface area contributed by atoms with E-state index in [0.29, 0.717) is 37.3 Å². The Kier molecular flexibility index (Phi) is 9.47. The molecule has 0 aromatic heterocycles. The summed E-state index contributed by atoms with van der Waals surface area (Å²) in [6.07, 6.45) is 2.71. The van der Waals surface area contributed by atoms with Crippen LogP contribution in [0.15, 0.2) is 29.5 Å². The van der Waals surface area contributed by atoms with Crippen molar-refractivity contribution >= 4 is 45.2 Å². The van der Waals surface area contributed by atoms with E-state index in [-0.39, 0.29) is 11.3 Å². The van der Waals surface area contributed by atoms with Gasteiger partial charge in [0.15, 0.2) is 0 Å². The fraction of sp³-hybridized carbons (Fsp3) is 0.435. The molecule has 0 aliphatic carbocycles. The molecular formula is C23H32IN3O7. The Labute approximate surface area is 206 Å². The van der Waals surface area contributed by atoms with Crippen LogP contribution in [0.4, 0.5) is 5.69 Å². The summed E-state index contributed by atoms with van der Waals surface area (Å²) in [6.45, 7) is 0. The van der Waals surface area contributed by atoms with Crippen molar-refractivity contribution in [3.63, 3.8) is 0 Å². The van der Waals surface area contributed by atoms with E-state index >= 15 is 0 Å². The average molecular weight is 589 g/mol. The second-order valence-corrected chi connectivity index (χ2v) is 11.8. The Morgan fingerprint density at radius 2 is 1.74 bits per heavy atom. The molecule has 1 aromatic carbocycles. The summed E-state index contributed by atoms with van der Waals surface area (Å²) in [6, 6.07) is 2.41. The van der Waals surface area contributed by atoms with Crippen LogP contribution < -0.4 is 10.2 Å². The van der Waals surface area contributed by atoms with Crippen molar-refractivity contribution < 1.29 is 33.1 Å². The number of nitrogens with zero attached hydrogens (tertiary/aromatic N) is 2. The number of anilines is 1. The van der Waals surface area contributed by atoms with Crippen molar-refractivity contribution in [2.24, 2.45) is 0 Å². The monoisotopic (exact) mass is 589 g/mol. The number of halogens is 1. The molecule has 1 amide bonds. The third kappa shape index (κ3) is 5.88. The Balaban J connectivity index is 2.72. The quantitative estimate of drug-likeness (QED) is 0.203. The molecule has 0 unspecified atom stereocenters. The molecule has 0 fully saturated rings. The van der Waals surface area contributed by atoms with Crippen LogP contribution in [0.2, 0.25) is 0 Å². The minimum absolute atomic E-state index is 0.0578. The molecule has 34 heavy (non-hydrogen) atoms. The van der Waals surface area contributed by atoms with Gasteiger partial charge in [0, 0.05) is 0 Å². The van der Waals surface area contributed by atoms with E-state index < -0.39 is 56.9 Å². The molecule has 10 nitrogen and oxygen atoms in total. The van der Waals surface area contributed by atoms with Gasteiger partial charge in [-0.2, -0.15) is 0 Å². The molecule has 1 heterocycles. The van der Waals surface area contributed by atoms with Gasteiger partial charge in [0.25, 0.3) is 0 Å². The van der Waals surface area contributed by atoms with Gasteiger partial charge in [-0.3, -0.25) is 0 Å². The summed E-state index contributed by atoms with van der Waals surface area (Å²) in [5.41, 5.74) is 0.754. The van der Waals surface area contributed by atoms with Gasteiger partial charge in [0.2, 0.25) is 0 Å². The zero-order chi connectivity index (χ0) is 25.7. The van der Waals surface area contributed by atoms with Crippen LogP contribution in [-0.4, -0.2) is 78.4 Å². The van der Waals surface area contributed by atoms with Crippen LogP contribution in [-0.2, 0) is 20.8 Å². The Morgan fingerprint density at radius 3 is 2.29 bits per heavy atom. The molecule has 11 heteroatoms. The van der Waals surface area contributed by atoms with E-state index in [9.17, 15) is 33.1 Å². The molecule has 1 aliphatic heterocycles. The second kappa shape index (κ2) is 11.7. The first-order valence-corrected chi connectivity index (χ1v) is 13.8. The number of allylic oxidation sites excluding steroid dienone is 1. The molecule has 188 valence electrons. The van der Waals surface area contributed by atoms with Gasteiger partial charge in [0.05, 0.1) is 0 Å². The number of amides is 1. The van der Waals surface area contributed by atoms with Gasteiger partial charge in [-0.15, -0.1) is 0 Å². The van der Waals surface area contributed by atoms with Gasteiger partial charge in [0.1, 0.15) is 0 Å². The van der Waals surface area contributed by atoms with Gasteiger partial charge in [-0.05, 0) is 0 Å². The van der Waals surface area contributed by atoms with Crippen molar-refractivity contribution in [1.29, 1.82) is 0 Å². The van der Waals surface area contributed by atoms with Crippen molar-refractivity contribution in [1.82, 2.24) is 10.2 Å². The number of hydrogen-bond donors (Lipinski definition) is 5. The number of rotatable bonds is 3. The Morgan fingerprint density at radius 1 is 1.09 bits per heavy atom. The maximum atomic E-state index is 13.0. The maximum absolute atomic E-state index is 13.0. The number of aliphatic hydroxyl groups is 2. The SMILES string of the molecule is CNC(=O)/C1=C(\O)[C@@H](N(C)C)CCCCc2c(N(C)C)ccc(O)c2C(O)=CC(=O)I(O)C1=O. The summed E-state index contributed by atoms with van der Waals surface area (Å²) < 4.78 is 8.41. The molecule has 2 rings (SSSR count). The van der Waals surface area contributed by atoms with E-state index in [1.54, 1.807) is 25.1 Å². The normalized spacial score (nSPS) is 21.6. The molecular weight excluding hydrogens is 557 g/mol. The van der Waals surface area contributed by atoms with E-state index in [4.69, 9.17) is 0 Å². The fourth-order valence-electron chi connectivity index (χ4n) is 3.86. The Bertz CT molecular complexity index is 1030. The number of phenols is 1. The van der Waals surface area contributed by atoms with Crippen molar-refractivity contribution in [3.05, 3.63) is 40.7 Å². The molecule has 0 saturated heterocycles. The molecule has 1 atom stereocenters. The first kappa shape index (κ1) is 27.6. The van der Waals surface area contributed by atoms with Crippen LogP contribution >= 0.6 is 20.2 Å². The number of fused-ring (bicyclic) bond motifs is 1. The zero-order valence-corrected chi connectivity index (χ0v) is 22.1. The van der Waals surface area contributed by atoms with Gasteiger partial charge >= 0.3 is 207 Å². The van der Waals surface area contributed by atoms with Crippen molar-refractivity contribution in [2.45, 2.75) is 31.7 Å². The number of aliphatic hydroxyl groups excluding tert-OH is 2. The molecule has 0 saturated carbocycles. The first-order chi connectivity index (χ1) is 15.9. The predicted octanol–water partition coefficient (Wildman–Crippen LogP) is 2.04. The molecule has 0 bridgehead atoms. The summed E-state index contributed by atoms with van der Waals surface area (Å²) in [4.78, 5) is 41.7. The van der Waals surface area contributed by atoms with Crippen LogP contribution in [0.1, 0.15) is 30.4 Å². The third-order valence-corrected chi connectivity index (χ3v) is 8.38. The standard InChI is InChI=1S/C23H32IN3O7/c1-25-23(33)20-21(31)15(27(4)5)9-7-6-8-13-14(26(2)3)10-11-16(28)19(13)17(29)12-18(30)24(34)22(20)32/h10-12,15,28-29,31,34H,6-9H2,1-5H3,(H,25,33)/b17-12?,21-20-/t15-/m0/s1. The van der Waals surface area contributed by atoms with Crippen molar-refractivity contribution in [2.75, 3.05) is 40.1 Å². The third-order valence-electron chi connectivity index (χ3n) is 5.59. The molecule has 0 spiro atoms. The molecule has 1 aromatic rings. The van der Waals surface area contributed by atoms with Crippen LogP contribution in [0, 0.1) is 0 Å². The number of carbonyl (C=O) groups excluding carboxylic acids is 3. The van der Waals surface area contributed by atoms with E-state index in [1.165, 1.54) is 13.1 Å². The van der Waals surface area contributed by atoms with Crippen molar-refractivity contribution in [3.8, 4) is 5.75 Å². The summed E-state index contributed by atoms with van der Waals surface area (Å²) in [5.74, 6) is -2.23. The van der Waals surface area contributed by atoms with E-state index in [2.05, 4.69) is 5.32 Å². The van der Waals surface area contributed by atoms with Gasteiger partial charge in [-0.1, -0.05) is 0 Å². The van der Waals surface area contributed by atoms with Crippen LogP contribution in [0.3, 0.4) is 0 Å². The summed E-state index contributed by atoms with van der Waals surface area (Å²) in [7, 11) is 8.28. The average Bonchev–Trinajstić information content (AvgIpc) is 2.76. The molecule has 0 radical (unpaired) electrons. The zero-order valence-electron chi connectivity index (χ0n) is 19.9. The number of aromatic hydroxyl groups is 1. The van der Waals surface area contributed by atoms with Gasteiger partial charge < -0.3 is 0 Å². The number of likely N-dealkylation sites (N-methyl/N-ethyl adjacent to an activating group) is 2. The van der Waals surface area contributed by atoms with E-state index in [0.717, 1.165) is 5.69 Å². The number of phenolic OH excluding ortho intramolecular Hbond substituents is 1. The topological polar surface area (TPSA) is 151 Å². The predicted molar refractivity (Wildman–Crippen MR) is 138 cm³/mol. The van der Waals surface area contributed by atoms with E-state index in [1.807, 2.05) is 19.0 Å².